The Bertz CT molecular complexity index is 242. The van der Waals surface area contributed by atoms with E-state index in [0.29, 0.717) is 24.0 Å². The summed E-state index contributed by atoms with van der Waals surface area (Å²) in [6, 6.07) is 0. The van der Waals surface area contributed by atoms with E-state index >= 15 is 0 Å². The summed E-state index contributed by atoms with van der Waals surface area (Å²) in [6.45, 7) is 5.87. The fourth-order valence-electron chi connectivity index (χ4n) is 1.94. The minimum atomic E-state index is -0.696. The maximum absolute atomic E-state index is 10.7. The SMILES string of the molecule is C.CCC[C@@H](CBr)CC(=O)O.CCC[C@@H](CBr)CC(C)=O.II. The zero-order chi connectivity index (χ0) is 18.0. The molecule has 0 amide bonds. The van der Waals surface area contributed by atoms with E-state index in [0.717, 1.165) is 36.3 Å². The van der Waals surface area contributed by atoms with Gasteiger partial charge in [-0.3, -0.25) is 4.79 Å². The molecular formula is C16H32Br2I2O3. The van der Waals surface area contributed by atoms with Crippen molar-refractivity contribution < 1.29 is 14.7 Å². The third-order valence-electron chi connectivity index (χ3n) is 2.87. The van der Waals surface area contributed by atoms with Gasteiger partial charge in [0.05, 0.1) is 0 Å². The zero-order valence-corrected chi connectivity index (χ0v) is 21.1. The molecule has 0 bridgehead atoms. The smallest absolute Gasteiger partial charge is 0.303 e. The van der Waals surface area contributed by atoms with Crippen molar-refractivity contribution in [1.29, 1.82) is 0 Å². The van der Waals surface area contributed by atoms with E-state index in [9.17, 15) is 9.59 Å². The summed E-state index contributed by atoms with van der Waals surface area (Å²) in [5.41, 5.74) is 0. The van der Waals surface area contributed by atoms with Crippen LogP contribution < -0.4 is 0 Å². The fraction of sp³-hybridized carbons (Fsp3) is 0.875. The molecule has 0 aliphatic carbocycles. The highest BCUT2D eigenvalue weighted by atomic mass is 128. The average Bonchev–Trinajstić information content (AvgIpc) is 2.48. The first-order valence-electron chi connectivity index (χ1n) is 7.38. The van der Waals surface area contributed by atoms with E-state index in [1.807, 2.05) is 0 Å². The van der Waals surface area contributed by atoms with Crippen LogP contribution in [-0.4, -0.2) is 27.5 Å². The lowest BCUT2D eigenvalue weighted by atomic mass is 10.0. The Balaban J connectivity index is -0.000000136. The van der Waals surface area contributed by atoms with Gasteiger partial charge in [0.2, 0.25) is 0 Å². The molecule has 1 N–H and O–H groups in total. The molecule has 7 heteroatoms. The second kappa shape index (κ2) is 25.8. The van der Waals surface area contributed by atoms with Crippen molar-refractivity contribution in [3.05, 3.63) is 0 Å². The molecule has 142 valence electrons. The number of rotatable bonds is 10. The third-order valence-corrected chi connectivity index (χ3v) is 4.70. The van der Waals surface area contributed by atoms with Gasteiger partial charge in [0.25, 0.3) is 0 Å². The van der Waals surface area contributed by atoms with Crippen molar-refractivity contribution in [3.8, 4) is 0 Å². The van der Waals surface area contributed by atoms with Crippen LogP contribution in [-0.2, 0) is 9.59 Å². The van der Waals surface area contributed by atoms with Crippen molar-refractivity contribution in [1.82, 2.24) is 0 Å². The van der Waals surface area contributed by atoms with Crippen molar-refractivity contribution in [2.24, 2.45) is 11.8 Å². The second-order valence-corrected chi connectivity index (χ2v) is 6.42. The average molecular weight is 686 g/mol. The van der Waals surface area contributed by atoms with E-state index < -0.39 is 5.97 Å². The standard InChI is InChI=1S/C8H15BrO.C7H13BrO2.CH4.I2/c1-3-4-8(6-9)5-7(2)10;1-2-3-6(5-8)4-7(9)10;;1-2/h8H,3-6H2,1-2H3;6H,2-5H2,1H3,(H,9,10);1H4;/t8-;6-;;/m11../s1. The first-order chi connectivity index (χ1) is 10.4. The van der Waals surface area contributed by atoms with Gasteiger partial charge in [0.1, 0.15) is 5.78 Å². The molecule has 23 heavy (non-hydrogen) atoms. The fourth-order valence-corrected chi connectivity index (χ4v) is 3.04. The highest BCUT2D eigenvalue weighted by Gasteiger charge is 2.09. The number of alkyl halides is 2. The minimum absolute atomic E-state index is 0. The number of ketones is 1. The molecule has 0 aromatic heterocycles. The van der Waals surface area contributed by atoms with Crippen molar-refractivity contribution in [3.63, 3.8) is 0 Å². The van der Waals surface area contributed by atoms with Gasteiger partial charge in [0, 0.05) is 60.7 Å². The van der Waals surface area contributed by atoms with Crippen LogP contribution in [0.25, 0.3) is 0 Å². The first kappa shape index (κ1) is 32.3. The van der Waals surface area contributed by atoms with Crippen LogP contribution >= 0.6 is 69.1 Å². The summed E-state index contributed by atoms with van der Waals surface area (Å²) in [5, 5.41) is 10.2. The number of hydrogen-bond donors (Lipinski definition) is 1. The van der Waals surface area contributed by atoms with Gasteiger partial charge in [-0.25, -0.2) is 0 Å². The maximum atomic E-state index is 10.7. The molecule has 0 heterocycles. The summed E-state index contributed by atoms with van der Waals surface area (Å²) >= 11 is 10.9. The molecule has 0 aromatic carbocycles. The zero-order valence-electron chi connectivity index (χ0n) is 13.6. The molecule has 0 rings (SSSR count). The number of hydrogen-bond acceptors (Lipinski definition) is 2. The van der Waals surface area contributed by atoms with E-state index in [4.69, 9.17) is 5.11 Å². The van der Waals surface area contributed by atoms with Gasteiger partial charge in [-0.1, -0.05) is 66.0 Å². The Labute approximate surface area is 183 Å². The number of carbonyl (C=O) groups is 2. The summed E-state index contributed by atoms with van der Waals surface area (Å²) < 4.78 is 0. The van der Waals surface area contributed by atoms with Gasteiger partial charge in [-0.2, -0.15) is 0 Å². The predicted octanol–water partition coefficient (Wildman–Crippen LogP) is 7.46. The quantitative estimate of drug-likeness (QED) is 0.192. The Morgan fingerprint density at radius 1 is 0.957 bits per heavy atom. The number of Topliss-reactive ketones (excluding diaryl/α,β-unsaturated/α-hetero) is 1. The van der Waals surface area contributed by atoms with Gasteiger partial charge in [0.15, 0.2) is 0 Å². The Morgan fingerprint density at radius 3 is 1.52 bits per heavy atom. The van der Waals surface area contributed by atoms with Crippen LogP contribution in [0.5, 0.6) is 0 Å². The lowest BCUT2D eigenvalue weighted by molar-refractivity contribution is -0.138. The summed E-state index contributed by atoms with van der Waals surface area (Å²) in [5.74, 6) is 0.473. The summed E-state index contributed by atoms with van der Waals surface area (Å²) in [7, 11) is 0. The normalized spacial score (nSPS) is 11.6. The van der Waals surface area contributed by atoms with Crippen LogP contribution in [0.3, 0.4) is 0 Å². The molecule has 0 saturated heterocycles. The molecule has 0 saturated carbocycles. The molecule has 0 aliphatic rings. The molecule has 2 atom stereocenters. The van der Waals surface area contributed by atoms with Crippen LogP contribution in [0.1, 0.15) is 66.7 Å². The predicted molar refractivity (Wildman–Crippen MR) is 127 cm³/mol. The molecule has 0 aromatic rings. The lowest BCUT2D eigenvalue weighted by Gasteiger charge is -2.08. The minimum Gasteiger partial charge on any atom is -0.481 e. The van der Waals surface area contributed by atoms with Crippen LogP contribution in [0.15, 0.2) is 0 Å². The van der Waals surface area contributed by atoms with E-state index in [1.54, 1.807) is 6.92 Å². The number of carbonyl (C=O) groups excluding carboxylic acids is 1. The van der Waals surface area contributed by atoms with Crippen LogP contribution in [0.4, 0.5) is 0 Å². The number of carboxylic acids is 1. The number of carboxylic acid groups (broad SMARTS) is 1. The molecule has 0 unspecified atom stereocenters. The van der Waals surface area contributed by atoms with Gasteiger partial charge in [-0.05, 0) is 31.6 Å². The largest absolute Gasteiger partial charge is 0.481 e. The first-order valence-corrected chi connectivity index (χ1v) is 15.9. The van der Waals surface area contributed by atoms with E-state index in [-0.39, 0.29) is 7.43 Å². The van der Waals surface area contributed by atoms with Crippen LogP contribution in [0, 0.1) is 11.8 Å². The lowest BCUT2D eigenvalue weighted by Crippen LogP contribution is -2.08. The highest BCUT2D eigenvalue weighted by molar-refractivity contribution is 15.0. The number of aliphatic carboxylic acids is 1. The van der Waals surface area contributed by atoms with E-state index in [1.165, 1.54) is 6.42 Å². The summed E-state index contributed by atoms with van der Waals surface area (Å²) in [4.78, 5) is 20.9. The van der Waals surface area contributed by atoms with Crippen LogP contribution in [0.2, 0.25) is 0 Å². The topological polar surface area (TPSA) is 54.4 Å². The summed E-state index contributed by atoms with van der Waals surface area (Å²) in [6.07, 6.45) is 5.41. The second-order valence-electron chi connectivity index (χ2n) is 5.12. The molecule has 0 radical (unpaired) electrons. The molecule has 0 fully saturated rings. The van der Waals surface area contributed by atoms with Gasteiger partial charge < -0.3 is 9.90 Å². The van der Waals surface area contributed by atoms with E-state index in [2.05, 4.69) is 82.9 Å². The third kappa shape index (κ3) is 28.6. The maximum Gasteiger partial charge on any atom is 0.303 e. The van der Waals surface area contributed by atoms with Crippen molar-refractivity contribution >= 4 is 80.8 Å². The monoisotopic (exact) mass is 684 g/mol. The van der Waals surface area contributed by atoms with Gasteiger partial charge in [-0.15, -0.1) is 0 Å². The number of halogens is 4. The molecule has 0 spiro atoms. The molecule has 3 nitrogen and oxygen atoms in total. The Kier molecular flexibility index (Phi) is 36.2. The van der Waals surface area contributed by atoms with Crippen molar-refractivity contribution in [2.75, 3.05) is 10.7 Å². The van der Waals surface area contributed by atoms with Gasteiger partial charge >= 0.3 is 5.97 Å². The highest BCUT2D eigenvalue weighted by Crippen LogP contribution is 2.14. The Hall–Kier alpha value is 1.56. The Morgan fingerprint density at radius 2 is 1.30 bits per heavy atom. The van der Waals surface area contributed by atoms with Crippen molar-refractivity contribution in [2.45, 2.75) is 66.7 Å². The molecular weight excluding hydrogens is 654 g/mol. The molecule has 0 aliphatic heterocycles.